The molecule has 5 rings (SSSR count). The second-order valence-electron chi connectivity index (χ2n) is 9.88. The Balaban J connectivity index is 1.49. The molecule has 1 saturated carbocycles. The predicted molar refractivity (Wildman–Crippen MR) is 139 cm³/mol. The molecule has 0 radical (unpaired) electrons. The summed E-state index contributed by atoms with van der Waals surface area (Å²) >= 11 is 6.54. The van der Waals surface area contributed by atoms with Gasteiger partial charge in [-0.15, -0.1) is 0 Å². The average molecular weight is 549 g/mol. The van der Waals surface area contributed by atoms with Crippen molar-refractivity contribution in [2.75, 3.05) is 31.1 Å². The van der Waals surface area contributed by atoms with Gasteiger partial charge in [-0.2, -0.15) is 17.0 Å². The number of hydrogen-bond donors (Lipinski definition) is 1. The number of rotatable bonds is 8. The Labute approximate surface area is 221 Å². The minimum Gasteiger partial charge on any atom is -0.351 e. The summed E-state index contributed by atoms with van der Waals surface area (Å²) in [6.45, 7) is 0.956. The number of carbonyl (C=O) groups is 2. The zero-order valence-corrected chi connectivity index (χ0v) is 21.9. The fraction of sp³-hybridized carbons (Fsp3) is 0.462. The van der Waals surface area contributed by atoms with Gasteiger partial charge in [0.15, 0.2) is 0 Å². The molecule has 0 spiro atoms. The maximum atomic E-state index is 14.4. The highest BCUT2D eigenvalue weighted by Gasteiger charge is 2.48. The summed E-state index contributed by atoms with van der Waals surface area (Å²) in [5.74, 6) is -2.08. The van der Waals surface area contributed by atoms with Crippen molar-refractivity contribution in [3.63, 3.8) is 0 Å². The van der Waals surface area contributed by atoms with E-state index in [1.165, 1.54) is 31.7 Å². The first-order valence-electron chi connectivity index (χ1n) is 12.6. The van der Waals surface area contributed by atoms with Crippen LogP contribution in [0.5, 0.6) is 0 Å². The van der Waals surface area contributed by atoms with Crippen LogP contribution in [0.2, 0.25) is 5.02 Å². The minimum atomic E-state index is -3.57. The highest BCUT2D eigenvalue weighted by molar-refractivity contribution is 7.87. The summed E-state index contributed by atoms with van der Waals surface area (Å²) in [7, 11) is -3.57. The first-order chi connectivity index (χ1) is 17.8. The maximum absolute atomic E-state index is 14.4. The normalized spacial score (nSPS) is 20.2. The topological polar surface area (TPSA) is 89.8 Å². The summed E-state index contributed by atoms with van der Waals surface area (Å²) in [6.07, 6.45) is 4.84. The van der Waals surface area contributed by atoms with Gasteiger partial charge in [0.2, 0.25) is 11.8 Å². The van der Waals surface area contributed by atoms with E-state index >= 15 is 0 Å². The van der Waals surface area contributed by atoms with Crippen LogP contribution in [-0.2, 0) is 19.8 Å². The summed E-state index contributed by atoms with van der Waals surface area (Å²) in [6, 6.07) is 11.1. The van der Waals surface area contributed by atoms with E-state index < -0.39 is 39.8 Å². The molecule has 2 heterocycles. The van der Waals surface area contributed by atoms with Gasteiger partial charge < -0.3 is 5.32 Å². The molecule has 2 aromatic carbocycles. The van der Waals surface area contributed by atoms with Gasteiger partial charge in [-0.1, -0.05) is 55.1 Å². The molecule has 3 aliphatic rings. The first kappa shape index (κ1) is 26.1. The van der Waals surface area contributed by atoms with Crippen molar-refractivity contribution in [2.45, 2.75) is 44.2 Å². The number of nitrogens with zero attached hydrogens (tertiary/aromatic N) is 3. The number of anilines is 1. The molecule has 2 saturated heterocycles. The van der Waals surface area contributed by atoms with Gasteiger partial charge in [0.1, 0.15) is 11.9 Å². The molecule has 0 bridgehead atoms. The molecule has 198 valence electrons. The standard InChI is InChI=1S/C26H30ClFN4O4S/c27-23-12-5-4-11-22(23)24(25(33)29-20-8-2-1-3-9-20)32(21-10-6-7-19(28)15-21)26(34)18-16-31(17-18)37(35,36)30-13-14-30/h4-7,10-12,15,18,20,24H,1-3,8-9,13-14,16-17H2,(H,29,33). The summed E-state index contributed by atoms with van der Waals surface area (Å²) in [5, 5.41) is 3.40. The second kappa shape index (κ2) is 10.7. The number of carbonyl (C=O) groups excluding carboxylic acids is 2. The zero-order chi connectivity index (χ0) is 26.2. The van der Waals surface area contributed by atoms with Crippen LogP contribution in [0.4, 0.5) is 10.1 Å². The molecule has 1 unspecified atom stereocenters. The lowest BCUT2D eigenvalue weighted by molar-refractivity contribution is -0.130. The van der Waals surface area contributed by atoms with Crippen LogP contribution in [-0.4, -0.2) is 61.1 Å². The molecule has 3 fully saturated rings. The lowest BCUT2D eigenvalue weighted by atomic mass is 9.93. The monoisotopic (exact) mass is 548 g/mol. The lowest BCUT2D eigenvalue weighted by Gasteiger charge is -2.41. The molecule has 11 heteroatoms. The van der Waals surface area contributed by atoms with Gasteiger partial charge in [-0.3, -0.25) is 14.5 Å². The smallest absolute Gasteiger partial charge is 0.282 e. The van der Waals surface area contributed by atoms with Crippen LogP contribution in [0, 0.1) is 11.7 Å². The molecular formula is C26H30ClFN4O4S. The third-order valence-corrected chi connectivity index (χ3v) is 9.55. The minimum absolute atomic E-state index is 0.00294. The fourth-order valence-corrected chi connectivity index (χ4v) is 6.91. The van der Waals surface area contributed by atoms with Crippen molar-refractivity contribution >= 4 is 39.3 Å². The van der Waals surface area contributed by atoms with Crippen molar-refractivity contribution in [2.24, 2.45) is 5.92 Å². The number of amides is 2. The Hall–Kier alpha value is -2.53. The molecule has 2 amide bonds. The van der Waals surface area contributed by atoms with E-state index in [4.69, 9.17) is 11.6 Å². The quantitative estimate of drug-likeness (QED) is 0.511. The van der Waals surface area contributed by atoms with Crippen molar-refractivity contribution in [3.05, 3.63) is 64.9 Å². The molecular weight excluding hydrogens is 519 g/mol. The van der Waals surface area contributed by atoms with Crippen molar-refractivity contribution in [3.8, 4) is 0 Å². The van der Waals surface area contributed by atoms with Gasteiger partial charge in [0.05, 0.1) is 5.92 Å². The van der Waals surface area contributed by atoms with Crippen LogP contribution in [0.3, 0.4) is 0 Å². The van der Waals surface area contributed by atoms with Crippen molar-refractivity contribution in [1.82, 2.24) is 13.9 Å². The van der Waals surface area contributed by atoms with Crippen molar-refractivity contribution in [1.29, 1.82) is 0 Å². The van der Waals surface area contributed by atoms with Gasteiger partial charge in [-0.25, -0.2) is 4.39 Å². The van der Waals surface area contributed by atoms with E-state index in [1.54, 1.807) is 30.3 Å². The summed E-state index contributed by atoms with van der Waals surface area (Å²) in [5.41, 5.74) is 0.629. The first-order valence-corrected chi connectivity index (χ1v) is 14.4. The molecule has 1 N–H and O–H groups in total. The van der Waals surface area contributed by atoms with Crippen LogP contribution < -0.4 is 10.2 Å². The van der Waals surface area contributed by atoms with E-state index in [0.717, 1.165) is 32.1 Å². The molecule has 0 aromatic heterocycles. The largest absolute Gasteiger partial charge is 0.351 e. The van der Waals surface area contributed by atoms with E-state index in [1.807, 2.05) is 0 Å². The van der Waals surface area contributed by atoms with Gasteiger partial charge in [0.25, 0.3) is 10.2 Å². The number of nitrogens with one attached hydrogen (secondary N) is 1. The van der Waals surface area contributed by atoms with E-state index in [9.17, 15) is 22.4 Å². The van der Waals surface area contributed by atoms with Crippen molar-refractivity contribution < 1.29 is 22.4 Å². The molecule has 1 atom stereocenters. The Morgan fingerprint density at radius 3 is 2.35 bits per heavy atom. The van der Waals surface area contributed by atoms with E-state index in [0.29, 0.717) is 23.7 Å². The van der Waals surface area contributed by atoms with Gasteiger partial charge >= 0.3 is 0 Å². The molecule has 8 nitrogen and oxygen atoms in total. The number of benzene rings is 2. The Bertz CT molecular complexity index is 1280. The average Bonchev–Trinajstić information content (AvgIpc) is 3.69. The second-order valence-corrected chi connectivity index (χ2v) is 12.2. The number of hydrogen-bond acceptors (Lipinski definition) is 4. The third-order valence-electron chi connectivity index (χ3n) is 7.24. The SMILES string of the molecule is O=C(NC1CCCCC1)C(c1ccccc1Cl)N(C(=O)C1CN(S(=O)(=O)N2CC2)C1)c1cccc(F)c1. The zero-order valence-electron chi connectivity index (χ0n) is 20.4. The fourth-order valence-electron chi connectivity index (χ4n) is 5.07. The van der Waals surface area contributed by atoms with Crippen LogP contribution in [0.1, 0.15) is 43.7 Å². The Morgan fingerprint density at radius 1 is 1.00 bits per heavy atom. The summed E-state index contributed by atoms with van der Waals surface area (Å²) < 4.78 is 42.1. The molecule has 37 heavy (non-hydrogen) atoms. The van der Waals surface area contributed by atoms with Gasteiger partial charge in [0, 0.05) is 48.5 Å². The Morgan fingerprint density at radius 2 is 1.70 bits per heavy atom. The van der Waals surface area contributed by atoms with E-state index in [2.05, 4.69) is 5.32 Å². The number of halogens is 2. The van der Waals surface area contributed by atoms with Crippen LogP contribution in [0.25, 0.3) is 0 Å². The highest BCUT2D eigenvalue weighted by atomic mass is 35.5. The third kappa shape index (κ3) is 5.52. The molecule has 2 aliphatic heterocycles. The molecule has 1 aliphatic carbocycles. The van der Waals surface area contributed by atoms with Crippen LogP contribution >= 0.6 is 11.6 Å². The highest BCUT2D eigenvalue weighted by Crippen LogP contribution is 2.36. The predicted octanol–water partition coefficient (Wildman–Crippen LogP) is 3.49. The lowest BCUT2D eigenvalue weighted by Crippen LogP contribution is -2.59. The van der Waals surface area contributed by atoms with Gasteiger partial charge in [-0.05, 0) is 37.1 Å². The Kier molecular flexibility index (Phi) is 7.53. The van der Waals surface area contributed by atoms with Crippen LogP contribution in [0.15, 0.2) is 48.5 Å². The molecule has 2 aromatic rings. The summed E-state index contributed by atoms with van der Waals surface area (Å²) in [4.78, 5) is 29.1. The maximum Gasteiger partial charge on any atom is 0.282 e. The van der Waals surface area contributed by atoms with E-state index in [-0.39, 0.29) is 24.8 Å².